The number of hydrogen-bond acceptors (Lipinski definition) is 6. The molecule has 172 valence electrons. The summed E-state index contributed by atoms with van der Waals surface area (Å²) in [6.07, 6.45) is 4.21. The summed E-state index contributed by atoms with van der Waals surface area (Å²) < 4.78 is 5.58. The number of benzene rings is 1. The SMILES string of the molecule is O=C1N[C@]2(CCCc3ccccc32)C(=O)N1CC(=O)N1N=C(c2cccs2)C[C@@H]1c1ccco1. The Labute approximate surface area is 199 Å². The Kier molecular flexibility index (Phi) is 4.88. The molecule has 9 heteroatoms. The Hall–Kier alpha value is -3.72. The third-order valence-corrected chi connectivity index (χ3v) is 7.71. The number of nitrogens with one attached hydrogen (secondary N) is 1. The largest absolute Gasteiger partial charge is 0.467 e. The number of amides is 4. The predicted octanol–water partition coefficient (Wildman–Crippen LogP) is 3.80. The minimum absolute atomic E-state index is 0.380. The Balaban J connectivity index is 1.29. The molecule has 1 fully saturated rings. The minimum Gasteiger partial charge on any atom is -0.467 e. The van der Waals surface area contributed by atoms with Crippen LogP contribution in [-0.2, 0) is 21.5 Å². The fourth-order valence-corrected chi connectivity index (χ4v) is 5.92. The fraction of sp³-hybridized carbons (Fsp3) is 0.280. The van der Waals surface area contributed by atoms with Crippen molar-refractivity contribution < 1.29 is 18.8 Å². The molecule has 0 saturated carbocycles. The van der Waals surface area contributed by atoms with Gasteiger partial charge in [0.15, 0.2) is 0 Å². The molecule has 1 N–H and O–H groups in total. The van der Waals surface area contributed by atoms with Crippen molar-refractivity contribution in [2.75, 3.05) is 6.54 Å². The van der Waals surface area contributed by atoms with E-state index in [9.17, 15) is 14.4 Å². The number of aryl methyl sites for hydroxylation is 1. The number of carbonyl (C=O) groups excluding carboxylic acids is 3. The third kappa shape index (κ3) is 3.19. The summed E-state index contributed by atoms with van der Waals surface area (Å²) in [6, 6.07) is 14.2. The van der Waals surface area contributed by atoms with Crippen LogP contribution in [0.15, 0.2) is 69.7 Å². The van der Waals surface area contributed by atoms with E-state index in [1.807, 2.05) is 41.8 Å². The molecule has 34 heavy (non-hydrogen) atoms. The topological polar surface area (TPSA) is 95.2 Å². The fourth-order valence-electron chi connectivity index (χ4n) is 5.20. The number of furan rings is 1. The molecule has 1 saturated heterocycles. The highest BCUT2D eigenvalue weighted by Gasteiger charge is 2.54. The first-order valence-corrected chi connectivity index (χ1v) is 12.1. The average molecular weight is 475 g/mol. The standard InChI is InChI=1S/C25H22N4O4S/c30-22(29-19(20-9-4-12-33-20)14-18(27-29)21-10-5-13-34-21)15-28-23(31)25(26-24(28)32)11-3-7-16-6-1-2-8-17(16)25/h1-2,4-6,8-10,12-13,19H,3,7,11,14-15H2,(H,26,32)/t19-,25+/m1/s1. The van der Waals surface area contributed by atoms with Gasteiger partial charge in [-0.15, -0.1) is 11.3 Å². The number of rotatable bonds is 4. The molecule has 6 rings (SSSR count). The Morgan fingerprint density at radius 3 is 2.85 bits per heavy atom. The van der Waals surface area contributed by atoms with Gasteiger partial charge in [-0.2, -0.15) is 5.10 Å². The van der Waals surface area contributed by atoms with Crippen molar-refractivity contribution in [3.05, 3.63) is 81.9 Å². The van der Waals surface area contributed by atoms with Gasteiger partial charge in [-0.3, -0.25) is 14.5 Å². The van der Waals surface area contributed by atoms with Crippen LogP contribution in [0, 0.1) is 0 Å². The van der Waals surface area contributed by atoms with Gasteiger partial charge in [0.05, 0.1) is 16.9 Å². The molecule has 2 aromatic heterocycles. The first-order valence-electron chi connectivity index (χ1n) is 11.3. The molecule has 8 nitrogen and oxygen atoms in total. The van der Waals surface area contributed by atoms with E-state index >= 15 is 0 Å². The summed E-state index contributed by atoms with van der Waals surface area (Å²) in [5.74, 6) is -0.203. The van der Waals surface area contributed by atoms with Gasteiger partial charge >= 0.3 is 6.03 Å². The molecule has 3 aromatic rings. The Morgan fingerprint density at radius 1 is 1.18 bits per heavy atom. The van der Waals surface area contributed by atoms with Gasteiger partial charge in [0.2, 0.25) is 0 Å². The predicted molar refractivity (Wildman–Crippen MR) is 125 cm³/mol. The van der Waals surface area contributed by atoms with Gasteiger partial charge in [0.25, 0.3) is 11.8 Å². The molecule has 1 spiro atoms. The number of nitrogens with zero attached hydrogens (tertiary/aromatic N) is 3. The van der Waals surface area contributed by atoms with Crippen LogP contribution in [0.4, 0.5) is 4.79 Å². The van der Waals surface area contributed by atoms with Crippen LogP contribution in [0.1, 0.15) is 47.1 Å². The molecule has 1 aromatic carbocycles. The number of carbonyl (C=O) groups is 3. The summed E-state index contributed by atoms with van der Waals surface area (Å²) in [6.45, 7) is -0.382. The van der Waals surface area contributed by atoms with E-state index in [1.54, 1.807) is 29.7 Å². The first-order chi connectivity index (χ1) is 16.6. The zero-order chi connectivity index (χ0) is 23.3. The number of hydrazone groups is 1. The van der Waals surface area contributed by atoms with Gasteiger partial charge < -0.3 is 9.73 Å². The maximum absolute atomic E-state index is 13.6. The maximum atomic E-state index is 13.6. The molecule has 4 amide bonds. The van der Waals surface area contributed by atoms with Crippen LogP contribution in [0.2, 0.25) is 0 Å². The van der Waals surface area contributed by atoms with Crippen molar-refractivity contribution in [1.82, 2.24) is 15.2 Å². The highest BCUT2D eigenvalue weighted by atomic mass is 32.1. The summed E-state index contributed by atoms with van der Waals surface area (Å²) >= 11 is 1.55. The molecular weight excluding hydrogens is 452 g/mol. The van der Waals surface area contributed by atoms with E-state index in [0.29, 0.717) is 18.6 Å². The van der Waals surface area contributed by atoms with E-state index in [4.69, 9.17) is 4.42 Å². The normalized spacial score (nSPS) is 23.9. The Bertz CT molecular complexity index is 1300. The second-order valence-corrected chi connectivity index (χ2v) is 9.68. The lowest BCUT2D eigenvalue weighted by Gasteiger charge is -2.33. The lowest BCUT2D eigenvalue weighted by molar-refractivity contribution is -0.140. The van der Waals surface area contributed by atoms with Gasteiger partial charge in [0.1, 0.15) is 23.9 Å². The van der Waals surface area contributed by atoms with Crippen molar-refractivity contribution >= 4 is 34.9 Å². The second-order valence-electron chi connectivity index (χ2n) is 8.74. The molecule has 2 atom stereocenters. The van der Waals surface area contributed by atoms with Crippen LogP contribution in [0.25, 0.3) is 0 Å². The monoisotopic (exact) mass is 474 g/mol. The maximum Gasteiger partial charge on any atom is 0.325 e. The lowest BCUT2D eigenvalue weighted by atomic mass is 9.76. The summed E-state index contributed by atoms with van der Waals surface area (Å²) in [5, 5.41) is 10.8. The quantitative estimate of drug-likeness (QED) is 0.582. The number of thiophene rings is 1. The zero-order valence-electron chi connectivity index (χ0n) is 18.3. The molecule has 0 bridgehead atoms. The number of fused-ring (bicyclic) bond motifs is 2. The highest BCUT2D eigenvalue weighted by molar-refractivity contribution is 7.12. The average Bonchev–Trinajstić information content (AvgIpc) is 3.64. The van der Waals surface area contributed by atoms with Crippen molar-refractivity contribution in [2.24, 2.45) is 5.10 Å². The number of imide groups is 1. The van der Waals surface area contributed by atoms with Crippen molar-refractivity contribution in [1.29, 1.82) is 0 Å². The van der Waals surface area contributed by atoms with E-state index in [1.165, 1.54) is 5.01 Å². The molecule has 0 unspecified atom stereocenters. The van der Waals surface area contributed by atoms with Crippen molar-refractivity contribution in [2.45, 2.75) is 37.3 Å². The molecule has 3 aliphatic rings. The van der Waals surface area contributed by atoms with Crippen LogP contribution in [-0.4, -0.2) is 40.0 Å². The summed E-state index contributed by atoms with van der Waals surface area (Å²) in [5.41, 5.74) is 1.54. The van der Waals surface area contributed by atoms with Crippen molar-refractivity contribution in [3.8, 4) is 0 Å². The van der Waals surface area contributed by atoms with Gasteiger partial charge in [-0.1, -0.05) is 30.3 Å². The van der Waals surface area contributed by atoms with Gasteiger partial charge in [0, 0.05) is 6.42 Å². The van der Waals surface area contributed by atoms with E-state index in [-0.39, 0.29) is 12.5 Å². The van der Waals surface area contributed by atoms with Crippen LogP contribution >= 0.6 is 11.3 Å². The first kappa shape index (κ1) is 20.9. The molecule has 1 aliphatic carbocycles. The summed E-state index contributed by atoms with van der Waals surface area (Å²) in [4.78, 5) is 42.0. The molecule has 2 aliphatic heterocycles. The van der Waals surface area contributed by atoms with Gasteiger partial charge in [-0.05, 0) is 54.0 Å². The Morgan fingerprint density at radius 2 is 2.06 bits per heavy atom. The second kappa shape index (κ2) is 7.95. The van der Waals surface area contributed by atoms with Crippen LogP contribution in [0.5, 0.6) is 0 Å². The van der Waals surface area contributed by atoms with E-state index < -0.39 is 23.5 Å². The molecule has 0 radical (unpaired) electrons. The summed E-state index contributed by atoms with van der Waals surface area (Å²) in [7, 11) is 0. The van der Waals surface area contributed by atoms with E-state index in [2.05, 4.69) is 10.4 Å². The minimum atomic E-state index is -1.11. The lowest BCUT2D eigenvalue weighted by Crippen LogP contribution is -2.47. The van der Waals surface area contributed by atoms with Gasteiger partial charge in [-0.25, -0.2) is 9.80 Å². The van der Waals surface area contributed by atoms with Crippen LogP contribution < -0.4 is 5.32 Å². The smallest absolute Gasteiger partial charge is 0.325 e. The van der Waals surface area contributed by atoms with Crippen LogP contribution in [0.3, 0.4) is 0 Å². The third-order valence-electron chi connectivity index (χ3n) is 6.79. The number of hydrogen-bond donors (Lipinski definition) is 1. The zero-order valence-corrected chi connectivity index (χ0v) is 19.1. The van der Waals surface area contributed by atoms with Crippen molar-refractivity contribution in [3.63, 3.8) is 0 Å². The number of urea groups is 1. The van der Waals surface area contributed by atoms with E-state index in [0.717, 1.165) is 39.5 Å². The molecular formula is C25H22N4O4S. The molecule has 4 heterocycles. The highest BCUT2D eigenvalue weighted by Crippen LogP contribution is 2.40.